The fourth-order valence-electron chi connectivity index (χ4n) is 3.47. The highest BCUT2D eigenvalue weighted by atomic mass is 32.2. The van der Waals surface area contributed by atoms with Crippen LogP contribution in [0, 0.1) is 0 Å². The van der Waals surface area contributed by atoms with Crippen LogP contribution in [0.3, 0.4) is 0 Å². The number of nitrogens with one attached hydrogen (secondary N) is 1. The highest BCUT2D eigenvalue weighted by Gasteiger charge is 2.27. The van der Waals surface area contributed by atoms with Gasteiger partial charge >= 0.3 is 0 Å². The van der Waals surface area contributed by atoms with Gasteiger partial charge in [0.05, 0.1) is 22.3 Å². The summed E-state index contributed by atoms with van der Waals surface area (Å²) in [4.78, 5) is 20.8. The van der Waals surface area contributed by atoms with E-state index >= 15 is 0 Å². The zero-order valence-electron chi connectivity index (χ0n) is 16.0. The summed E-state index contributed by atoms with van der Waals surface area (Å²) >= 11 is 0. The van der Waals surface area contributed by atoms with Crippen LogP contribution < -0.4 is 5.32 Å². The molecule has 3 heterocycles. The molecule has 2 aromatic heterocycles. The number of sulfonamides is 1. The van der Waals surface area contributed by atoms with Crippen molar-refractivity contribution < 1.29 is 13.2 Å². The Hall–Kier alpha value is -2.78. The van der Waals surface area contributed by atoms with Gasteiger partial charge in [0, 0.05) is 45.0 Å². The molecule has 0 radical (unpaired) electrons. The summed E-state index contributed by atoms with van der Waals surface area (Å²) in [5.41, 5.74) is 2.37. The van der Waals surface area contributed by atoms with E-state index in [0.717, 1.165) is 23.9 Å². The fraction of sp³-hybridized carbons (Fsp3) is 0.350. The van der Waals surface area contributed by atoms with Crippen LogP contribution in [0.5, 0.6) is 0 Å². The lowest BCUT2D eigenvalue weighted by Gasteiger charge is -2.15. The SMILES string of the molecule is O=C(CCn1cnc2cc(S(=O)(=O)N3CCCC3)ccc21)NCc1cccnc1. The first kappa shape index (κ1) is 19.5. The molecule has 0 bridgehead atoms. The Labute approximate surface area is 169 Å². The quantitative estimate of drug-likeness (QED) is 0.638. The van der Waals surface area contributed by atoms with Crippen molar-refractivity contribution >= 4 is 27.0 Å². The van der Waals surface area contributed by atoms with Crippen LogP contribution in [-0.2, 0) is 27.9 Å². The van der Waals surface area contributed by atoms with E-state index in [9.17, 15) is 13.2 Å². The minimum Gasteiger partial charge on any atom is -0.352 e. The molecule has 0 spiro atoms. The van der Waals surface area contributed by atoms with Crippen LogP contribution in [0.25, 0.3) is 11.0 Å². The third-order valence-electron chi connectivity index (χ3n) is 5.09. The van der Waals surface area contributed by atoms with Gasteiger partial charge in [-0.2, -0.15) is 4.31 Å². The summed E-state index contributed by atoms with van der Waals surface area (Å²) in [5.74, 6) is -0.0658. The van der Waals surface area contributed by atoms with E-state index in [-0.39, 0.29) is 10.8 Å². The molecule has 8 nitrogen and oxygen atoms in total. The molecule has 1 aliphatic rings. The molecule has 29 heavy (non-hydrogen) atoms. The van der Waals surface area contributed by atoms with Gasteiger partial charge in [-0.3, -0.25) is 9.78 Å². The van der Waals surface area contributed by atoms with Gasteiger partial charge in [-0.15, -0.1) is 0 Å². The van der Waals surface area contributed by atoms with Crippen LogP contribution in [0.4, 0.5) is 0 Å². The van der Waals surface area contributed by atoms with Crippen molar-refractivity contribution in [2.45, 2.75) is 37.2 Å². The van der Waals surface area contributed by atoms with E-state index in [0.29, 0.717) is 38.1 Å². The van der Waals surface area contributed by atoms with E-state index in [4.69, 9.17) is 0 Å². The maximum absolute atomic E-state index is 12.7. The van der Waals surface area contributed by atoms with E-state index < -0.39 is 10.0 Å². The zero-order valence-corrected chi connectivity index (χ0v) is 16.8. The Balaban J connectivity index is 1.40. The van der Waals surface area contributed by atoms with Crippen molar-refractivity contribution in [2.75, 3.05) is 13.1 Å². The summed E-state index contributed by atoms with van der Waals surface area (Å²) < 4.78 is 28.8. The number of aryl methyl sites for hydroxylation is 1. The van der Waals surface area contributed by atoms with E-state index in [1.54, 1.807) is 36.9 Å². The van der Waals surface area contributed by atoms with Crippen molar-refractivity contribution in [3.8, 4) is 0 Å². The highest BCUT2D eigenvalue weighted by Crippen LogP contribution is 2.24. The monoisotopic (exact) mass is 413 g/mol. The largest absolute Gasteiger partial charge is 0.352 e. The van der Waals surface area contributed by atoms with Crippen LogP contribution in [0.15, 0.2) is 53.9 Å². The molecule has 0 aliphatic carbocycles. The predicted molar refractivity (Wildman–Crippen MR) is 108 cm³/mol. The number of hydrogen-bond donors (Lipinski definition) is 1. The number of imidazole rings is 1. The minimum absolute atomic E-state index is 0.0658. The van der Waals surface area contributed by atoms with Crippen molar-refractivity contribution in [2.24, 2.45) is 0 Å². The van der Waals surface area contributed by atoms with Gasteiger partial charge in [0.15, 0.2) is 0 Å². The van der Waals surface area contributed by atoms with Crippen LogP contribution in [0.1, 0.15) is 24.8 Å². The number of nitrogens with zero attached hydrogens (tertiary/aromatic N) is 4. The Kier molecular flexibility index (Phi) is 5.59. The second kappa shape index (κ2) is 8.30. The lowest BCUT2D eigenvalue weighted by molar-refractivity contribution is -0.121. The zero-order chi connectivity index (χ0) is 20.3. The second-order valence-electron chi connectivity index (χ2n) is 7.09. The first-order valence-electron chi connectivity index (χ1n) is 9.65. The minimum atomic E-state index is -3.47. The number of aromatic nitrogens is 3. The van der Waals surface area contributed by atoms with Gasteiger partial charge in [0.1, 0.15) is 0 Å². The molecule has 0 unspecified atom stereocenters. The van der Waals surface area contributed by atoms with E-state index in [1.807, 2.05) is 16.7 Å². The average molecular weight is 414 g/mol. The number of benzene rings is 1. The molecule has 152 valence electrons. The molecular formula is C20H23N5O3S. The summed E-state index contributed by atoms with van der Waals surface area (Å²) in [6.45, 7) is 2.05. The normalized spacial score (nSPS) is 15.0. The van der Waals surface area contributed by atoms with Gasteiger partial charge in [-0.05, 0) is 42.7 Å². The number of fused-ring (bicyclic) bond motifs is 1. The van der Waals surface area contributed by atoms with Gasteiger partial charge in [-0.25, -0.2) is 13.4 Å². The molecule has 0 saturated carbocycles. The molecular weight excluding hydrogens is 390 g/mol. The van der Waals surface area contributed by atoms with Crippen molar-refractivity contribution in [3.63, 3.8) is 0 Å². The second-order valence-corrected chi connectivity index (χ2v) is 9.03. The van der Waals surface area contributed by atoms with Crippen LogP contribution >= 0.6 is 0 Å². The molecule has 1 fully saturated rings. The lowest BCUT2D eigenvalue weighted by Crippen LogP contribution is -2.27. The molecule has 4 rings (SSSR count). The Morgan fingerprint density at radius 1 is 1.17 bits per heavy atom. The van der Waals surface area contributed by atoms with Crippen molar-refractivity contribution in [1.82, 2.24) is 24.2 Å². The Bertz CT molecular complexity index is 1110. The highest BCUT2D eigenvalue weighted by molar-refractivity contribution is 7.89. The number of carbonyl (C=O) groups is 1. The summed E-state index contributed by atoms with van der Waals surface area (Å²) in [5, 5.41) is 2.87. The van der Waals surface area contributed by atoms with Crippen LogP contribution in [0.2, 0.25) is 0 Å². The molecule has 1 amide bonds. The number of rotatable bonds is 7. The van der Waals surface area contributed by atoms with Crippen molar-refractivity contribution in [3.05, 3.63) is 54.6 Å². The lowest BCUT2D eigenvalue weighted by atomic mass is 10.3. The fourth-order valence-corrected chi connectivity index (χ4v) is 5.01. The average Bonchev–Trinajstić information content (AvgIpc) is 3.41. The molecule has 1 N–H and O–H groups in total. The Morgan fingerprint density at radius 3 is 2.76 bits per heavy atom. The van der Waals surface area contributed by atoms with Gasteiger partial charge in [0.25, 0.3) is 0 Å². The van der Waals surface area contributed by atoms with Gasteiger partial charge in [-0.1, -0.05) is 6.07 Å². The third-order valence-corrected chi connectivity index (χ3v) is 6.98. The molecule has 1 aromatic carbocycles. The van der Waals surface area contributed by atoms with E-state index in [1.165, 1.54) is 4.31 Å². The molecule has 1 saturated heterocycles. The summed E-state index contributed by atoms with van der Waals surface area (Å²) in [6, 6.07) is 8.74. The first-order chi connectivity index (χ1) is 14.0. The predicted octanol–water partition coefficient (Wildman–Crippen LogP) is 1.92. The van der Waals surface area contributed by atoms with Crippen molar-refractivity contribution in [1.29, 1.82) is 0 Å². The van der Waals surface area contributed by atoms with Crippen LogP contribution in [-0.4, -0.2) is 46.3 Å². The number of pyridine rings is 1. The van der Waals surface area contributed by atoms with Gasteiger partial charge < -0.3 is 9.88 Å². The maximum atomic E-state index is 12.7. The smallest absolute Gasteiger partial charge is 0.243 e. The summed E-state index contributed by atoms with van der Waals surface area (Å²) in [6.07, 6.45) is 7.16. The molecule has 3 aromatic rings. The Morgan fingerprint density at radius 2 is 2.00 bits per heavy atom. The standard InChI is InChI=1S/C20H23N5O3S/c26-20(22-14-16-4-3-8-21-13-16)7-11-24-15-23-18-12-17(5-6-19(18)24)29(27,28)25-9-1-2-10-25/h3-6,8,12-13,15H,1-2,7,9-11,14H2,(H,22,26). The molecule has 0 atom stereocenters. The molecule has 9 heteroatoms. The first-order valence-corrected chi connectivity index (χ1v) is 11.1. The number of hydrogen-bond acceptors (Lipinski definition) is 5. The third kappa shape index (κ3) is 4.30. The van der Waals surface area contributed by atoms with Gasteiger partial charge in [0.2, 0.25) is 15.9 Å². The number of amides is 1. The summed E-state index contributed by atoms with van der Waals surface area (Å²) in [7, 11) is -3.47. The van der Waals surface area contributed by atoms with E-state index in [2.05, 4.69) is 15.3 Å². The molecule has 1 aliphatic heterocycles. The maximum Gasteiger partial charge on any atom is 0.243 e. The number of carbonyl (C=O) groups excluding carboxylic acids is 1. The topological polar surface area (TPSA) is 97.2 Å².